The minimum atomic E-state index is -0.176. The van der Waals surface area contributed by atoms with Gasteiger partial charge in [0.05, 0.1) is 25.2 Å². The summed E-state index contributed by atoms with van der Waals surface area (Å²) in [5.74, 6) is -0.176. The Hall–Kier alpha value is -1.20. The molecule has 0 aromatic carbocycles. The summed E-state index contributed by atoms with van der Waals surface area (Å²) < 4.78 is 4.78. The van der Waals surface area contributed by atoms with E-state index in [2.05, 4.69) is 14.9 Å². The highest BCUT2D eigenvalue weighted by Crippen LogP contribution is 2.20. The first kappa shape index (κ1) is 12.3. The van der Waals surface area contributed by atoms with Crippen molar-refractivity contribution < 1.29 is 9.53 Å². The molecule has 0 amide bonds. The molecule has 1 fully saturated rings. The standard InChI is InChI=1S/C11H14ClN3O2/c1-17-11(16)9-3-2-4-15(9)7-8-5-14-10(12)6-13-8/h5-6,9H,2-4,7H2,1H3. The van der Waals surface area contributed by atoms with E-state index in [0.717, 1.165) is 25.1 Å². The van der Waals surface area contributed by atoms with E-state index in [-0.39, 0.29) is 12.0 Å². The van der Waals surface area contributed by atoms with Crippen molar-refractivity contribution in [2.45, 2.75) is 25.4 Å². The number of likely N-dealkylation sites (tertiary alicyclic amines) is 1. The monoisotopic (exact) mass is 255 g/mol. The molecule has 1 aliphatic heterocycles. The van der Waals surface area contributed by atoms with Crippen LogP contribution in [-0.4, -0.2) is 40.5 Å². The van der Waals surface area contributed by atoms with Crippen molar-refractivity contribution in [3.63, 3.8) is 0 Å². The number of rotatable bonds is 3. The first-order chi connectivity index (χ1) is 8.20. The third-order valence-corrected chi connectivity index (χ3v) is 3.07. The second-order valence-corrected chi connectivity index (χ2v) is 4.37. The highest BCUT2D eigenvalue weighted by Gasteiger charge is 2.31. The van der Waals surface area contributed by atoms with E-state index in [4.69, 9.17) is 16.3 Å². The quantitative estimate of drug-likeness (QED) is 0.762. The summed E-state index contributed by atoms with van der Waals surface area (Å²) >= 11 is 5.67. The molecule has 1 aliphatic rings. The molecule has 17 heavy (non-hydrogen) atoms. The average Bonchev–Trinajstić information content (AvgIpc) is 2.79. The van der Waals surface area contributed by atoms with Gasteiger partial charge in [0.25, 0.3) is 0 Å². The maximum atomic E-state index is 11.5. The molecule has 2 rings (SSSR count). The normalized spacial score (nSPS) is 20.5. The van der Waals surface area contributed by atoms with E-state index in [1.54, 1.807) is 6.20 Å². The molecule has 6 heteroatoms. The minimum absolute atomic E-state index is 0.155. The van der Waals surface area contributed by atoms with Crippen LogP contribution in [0.3, 0.4) is 0 Å². The zero-order valence-electron chi connectivity index (χ0n) is 9.60. The van der Waals surface area contributed by atoms with Crippen LogP contribution in [0.1, 0.15) is 18.5 Å². The zero-order chi connectivity index (χ0) is 12.3. The van der Waals surface area contributed by atoms with Crippen LogP contribution < -0.4 is 0 Å². The van der Waals surface area contributed by atoms with Crippen molar-refractivity contribution in [1.29, 1.82) is 0 Å². The second-order valence-electron chi connectivity index (χ2n) is 3.98. The third kappa shape index (κ3) is 2.92. The van der Waals surface area contributed by atoms with Gasteiger partial charge >= 0.3 is 5.97 Å². The van der Waals surface area contributed by atoms with E-state index < -0.39 is 0 Å². The number of ether oxygens (including phenoxy) is 1. The van der Waals surface area contributed by atoms with Gasteiger partial charge in [-0.05, 0) is 19.4 Å². The summed E-state index contributed by atoms with van der Waals surface area (Å²) in [5, 5.41) is 0.375. The molecule has 1 unspecified atom stereocenters. The summed E-state index contributed by atoms with van der Waals surface area (Å²) in [4.78, 5) is 21.8. The lowest BCUT2D eigenvalue weighted by molar-refractivity contribution is -0.146. The van der Waals surface area contributed by atoms with Crippen molar-refractivity contribution in [2.24, 2.45) is 0 Å². The van der Waals surface area contributed by atoms with Crippen molar-refractivity contribution in [2.75, 3.05) is 13.7 Å². The fourth-order valence-corrected chi connectivity index (χ4v) is 2.14. The third-order valence-electron chi connectivity index (χ3n) is 2.88. The van der Waals surface area contributed by atoms with E-state index >= 15 is 0 Å². The summed E-state index contributed by atoms with van der Waals surface area (Å²) in [7, 11) is 1.42. The van der Waals surface area contributed by atoms with Crippen LogP contribution in [-0.2, 0) is 16.1 Å². The molecule has 5 nitrogen and oxygen atoms in total. The molecule has 0 radical (unpaired) electrons. The van der Waals surface area contributed by atoms with Gasteiger partial charge in [-0.25, -0.2) is 4.98 Å². The summed E-state index contributed by atoms with van der Waals surface area (Å²) in [6.07, 6.45) is 4.99. The van der Waals surface area contributed by atoms with E-state index in [9.17, 15) is 4.79 Å². The van der Waals surface area contributed by atoms with Crippen molar-refractivity contribution in [1.82, 2.24) is 14.9 Å². The average molecular weight is 256 g/mol. The fourth-order valence-electron chi connectivity index (χ4n) is 2.05. The molecule has 0 N–H and O–H groups in total. The molecule has 1 aromatic heterocycles. The van der Waals surface area contributed by atoms with E-state index in [1.807, 2.05) is 0 Å². The van der Waals surface area contributed by atoms with Crippen molar-refractivity contribution >= 4 is 17.6 Å². The zero-order valence-corrected chi connectivity index (χ0v) is 10.4. The van der Waals surface area contributed by atoms with Crippen LogP contribution in [0.25, 0.3) is 0 Å². The number of nitrogens with zero attached hydrogens (tertiary/aromatic N) is 3. The SMILES string of the molecule is COC(=O)C1CCCN1Cc1cnc(Cl)cn1. The van der Waals surface area contributed by atoms with E-state index in [0.29, 0.717) is 11.7 Å². The summed E-state index contributed by atoms with van der Waals surface area (Å²) in [6, 6.07) is -0.155. The topological polar surface area (TPSA) is 55.3 Å². The van der Waals surface area contributed by atoms with Gasteiger partial charge < -0.3 is 4.74 Å². The molecule has 1 saturated heterocycles. The number of aromatic nitrogens is 2. The maximum Gasteiger partial charge on any atom is 0.323 e. The Bertz CT molecular complexity index is 396. The number of halogens is 1. The van der Waals surface area contributed by atoms with Gasteiger partial charge in [0.2, 0.25) is 0 Å². The predicted octanol–water partition coefficient (Wildman–Crippen LogP) is 1.27. The van der Waals surface area contributed by atoms with Crippen molar-refractivity contribution in [3.8, 4) is 0 Å². The second kappa shape index (κ2) is 5.42. The van der Waals surface area contributed by atoms with Crippen LogP contribution >= 0.6 is 11.6 Å². The van der Waals surface area contributed by atoms with Gasteiger partial charge in [-0.1, -0.05) is 11.6 Å². The molecule has 1 aromatic rings. The van der Waals surface area contributed by atoms with Gasteiger partial charge in [0.1, 0.15) is 11.2 Å². The molecule has 0 spiro atoms. The number of carbonyl (C=O) groups is 1. The molecule has 0 saturated carbocycles. The number of methoxy groups -OCH3 is 1. The Morgan fingerprint density at radius 1 is 1.59 bits per heavy atom. The highest BCUT2D eigenvalue weighted by molar-refractivity contribution is 6.29. The Kier molecular flexibility index (Phi) is 3.91. The molecule has 1 atom stereocenters. The predicted molar refractivity (Wildman–Crippen MR) is 62.5 cm³/mol. The highest BCUT2D eigenvalue weighted by atomic mass is 35.5. The number of carbonyl (C=O) groups excluding carboxylic acids is 1. The molecule has 2 heterocycles. The first-order valence-corrected chi connectivity index (χ1v) is 5.87. The maximum absolute atomic E-state index is 11.5. The first-order valence-electron chi connectivity index (χ1n) is 5.49. The van der Waals surface area contributed by atoms with Crippen LogP contribution in [0, 0.1) is 0 Å². The number of hydrogen-bond acceptors (Lipinski definition) is 5. The van der Waals surface area contributed by atoms with E-state index in [1.165, 1.54) is 13.3 Å². The molecule has 92 valence electrons. The smallest absolute Gasteiger partial charge is 0.323 e. The molecule has 0 aliphatic carbocycles. The van der Waals surface area contributed by atoms with Crippen LogP contribution in [0.4, 0.5) is 0 Å². The van der Waals surface area contributed by atoms with Gasteiger partial charge in [-0.15, -0.1) is 0 Å². The summed E-state index contributed by atoms with van der Waals surface area (Å²) in [6.45, 7) is 1.48. The molecule has 0 bridgehead atoms. The molecular weight excluding hydrogens is 242 g/mol. The van der Waals surface area contributed by atoms with Gasteiger partial charge in [-0.2, -0.15) is 0 Å². The van der Waals surface area contributed by atoms with Gasteiger partial charge in [0.15, 0.2) is 0 Å². The van der Waals surface area contributed by atoms with Crippen LogP contribution in [0.5, 0.6) is 0 Å². The largest absolute Gasteiger partial charge is 0.468 e. The lowest BCUT2D eigenvalue weighted by Crippen LogP contribution is -2.36. The van der Waals surface area contributed by atoms with Crippen LogP contribution in [0.2, 0.25) is 5.15 Å². The Labute approximate surface area is 105 Å². The van der Waals surface area contributed by atoms with Gasteiger partial charge in [0, 0.05) is 6.54 Å². The van der Waals surface area contributed by atoms with Crippen molar-refractivity contribution in [3.05, 3.63) is 23.2 Å². The van der Waals surface area contributed by atoms with Crippen LogP contribution in [0.15, 0.2) is 12.4 Å². The number of esters is 1. The lowest BCUT2D eigenvalue weighted by atomic mass is 10.2. The Morgan fingerprint density at radius 2 is 2.41 bits per heavy atom. The lowest BCUT2D eigenvalue weighted by Gasteiger charge is -2.21. The Balaban J connectivity index is 2.02. The summed E-state index contributed by atoms with van der Waals surface area (Å²) in [5.41, 5.74) is 0.810. The molecular formula is C11H14ClN3O2. The Morgan fingerprint density at radius 3 is 3.06 bits per heavy atom. The fraction of sp³-hybridized carbons (Fsp3) is 0.545. The van der Waals surface area contributed by atoms with Gasteiger partial charge in [-0.3, -0.25) is 14.7 Å². The number of hydrogen-bond donors (Lipinski definition) is 0. The minimum Gasteiger partial charge on any atom is -0.468 e.